The van der Waals surface area contributed by atoms with E-state index < -0.39 is 0 Å². The molecule has 0 aliphatic heterocycles. The number of ether oxygens (including phenoxy) is 1. The molecule has 0 aliphatic carbocycles. The summed E-state index contributed by atoms with van der Waals surface area (Å²) in [6.45, 7) is 4.05. The number of thiophene rings is 1. The van der Waals surface area contributed by atoms with Gasteiger partial charge in [0.25, 0.3) is 0 Å². The zero-order chi connectivity index (χ0) is 14.1. The third kappa shape index (κ3) is 2.66. The van der Waals surface area contributed by atoms with Gasteiger partial charge in [-0.15, -0.1) is 11.3 Å². The second kappa shape index (κ2) is 5.68. The normalized spacial score (nSPS) is 12.8. The number of halogens is 2. The fraction of sp³-hybridized carbons (Fsp3) is 0.133. The lowest BCUT2D eigenvalue weighted by Gasteiger charge is -2.15. The smallest absolute Gasteiger partial charge is 0.130 e. The van der Waals surface area contributed by atoms with Gasteiger partial charge < -0.3 is 9.72 Å². The molecule has 1 radical (unpaired) electrons. The van der Waals surface area contributed by atoms with E-state index in [0.717, 1.165) is 17.3 Å². The summed E-state index contributed by atoms with van der Waals surface area (Å²) >= 11 is 14.0. The van der Waals surface area contributed by atoms with E-state index in [4.69, 9.17) is 27.9 Å². The Hall–Kier alpha value is -1.16. The summed E-state index contributed by atoms with van der Waals surface area (Å²) in [7, 11) is 0. The van der Waals surface area contributed by atoms with Gasteiger partial charge in [0.2, 0.25) is 0 Å². The number of aromatic amines is 1. The Morgan fingerprint density at radius 1 is 1.25 bits per heavy atom. The summed E-state index contributed by atoms with van der Waals surface area (Å²) in [6, 6.07) is 7.73. The number of rotatable bonds is 4. The van der Waals surface area contributed by atoms with Gasteiger partial charge in [0, 0.05) is 17.5 Å². The SMILES string of the molecule is [CH2]C(Cc1cccs1)Oc1ccc(Cl)c2[nH]cc(Cl)c12. The molecule has 1 atom stereocenters. The molecule has 1 aromatic carbocycles. The molecule has 3 aromatic rings. The van der Waals surface area contributed by atoms with Crippen molar-refractivity contribution in [3.63, 3.8) is 0 Å². The fourth-order valence-electron chi connectivity index (χ4n) is 2.12. The highest BCUT2D eigenvalue weighted by atomic mass is 35.5. The van der Waals surface area contributed by atoms with Crippen molar-refractivity contribution in [2.24, 2.45) is 0 Å². The molecule has 0 aliphatic rings. The molecule has 0 saturated heterocycles. The van der Waals surface area contributed by atoms with E-state index in [0.29, 0.717) is 15.8 Å². The number of nitrogens with one attached hydrogen (secondary N) is 1. The van der Waals surface area contributed by atoms with Crippen molar-refractivity contribution < 1.29 is 4.74 Å². The molecule has 3 rings (SSSR count). The van der Waals surface area contributed by atoms with Crippen LogP contribution in [0.4, 0.5) is 0 Å². The van der Waals surface area contributed by atoms with E-state index in [1.807, 2.05) is 17.5 Å². The molecule has 2 heterocycles. The van der Waals surface area contributed by atoms with Crippen molar-refractivity contribution in [1.29, 1.82) is 0 Å². The van der Waals surface area contributed by atoms with Gasteiger partial charge in [0.15, 0.2) is 0 Å². The van der Waals surface area contributed by atoms with Crippen LogP contribution >= 0.6 is 34.5 Å². The molecule has 1 N–H and O–H groups in total. The third-order valence-corrected chi connectivity index (χ3v) is 4.51. The van der Waals surface area contributed by atoms with Crippen molar-refractivity contribution in [2.75, 3.05) is 0 Å². The maximum Gasteiger partial charge on any atom is 0.130 e. The Labute approximate surface area is 131 Å². The molecule has 0 amide bonds. The predicted octanol–water partition coefficient (Wildman–Crippen LogP) is 5.36. The van der Waals surface area contributed by atoms with Gasteiger partial charge in [-0.3, -0.25) is 0 Å². The van der Waals surface area contributed by atoms with Crippen LogP contribution in [0.2, 0.25) is 10.0 Å². The summed E-state index contributed by atoms with van der Waals surface area (Å²) in [5.74, 6) is 0.701. The van der Waals surface area contributed by atoms with Gasteiger partial charge >= 0.3 is 0 Å². The molecular weight excluding hydrogens is 313 g/mol. The lowest BCUT2D eigenvalue weighted by atomic mass is 10.2. The van der Waals surface area contributed by atoms with Crippen molar-refractivity contribution in [2.45, 2.75) is 12.5 Å². The van der Waals surface area contributed by atoms with Crippen LogP contribution in [0, 0.1) is 6.92 Å². The molecule has 103 valence electrons. The standard InChI is InChI=1S/C15H12Cl2NOS/c1-9(7-10-3-2-6-20-10)19-13-5-4-11(16)15-14(13)12(17)8-18-15/h2-6,8-9,18H,1,7H2. The Kier molecular flexibility index (Phi) is 3.92. The Morgan fingerprint density at radius 3 is 2.85 bits per heavy atom. The molecule has 20 heavy (non-hydrogen) atoms. The number of hydrogen-bond donors (Lipinski definition) is 1. The Balaban J connectivity index is 1.87. The first-order chi connectivity index (χ1) is 9.65. The average Bonchev–Trinajstić information content (AvgIpc) is 3.03. The summed E-state index contributed by atoms with van der Waals surface area (Å²) in [5, 5.41) is 4.07. The maximum atomic E-state index is 6.19. The molecule has 0 spiro atoms. The van der Waals surface area contributed by atoms with Crippen molar-refractivity contribution in [3.05, 3.63) is 57.7 Å². The summed E-state index contributed by atoms with van der Waals surface area (Å²) < 4.78 is 5.93. The monoisotopic (exact) mass is 324 g/mol. The minimum Gasteiger partial charge on any atom is -0.489 e. The van der Waals surface area contributed by atoms with Crippen molar-refractivity contribution in [3.8, 4) is 5.75 Å². The zero-order valence-electron chi connectivity index (χ0n) is 10.5. The van der Waals surface area contributed by atoms with Gasteiger partial charge in [-0.25, -0.2) is 0 Å². The van der Waals surface area contributed by atoms with Crippen LogP contribution in [-0.4, -0.2) is 11.1 Å². The maximum absolute atomic E-state index is 6.19. The number of benzene rings is 1. The first kappa shape index (κ1) is 13.8. The minimum atomic E-state index is -0.177. The van der Waals surface area contributed by atoms with E-state index in [2.05, 4.69) is 18.0 Å². The van der Waals surface area contributed by atoms with Crippen LogP contribution in [0.25, 0.3) is 10.9 Å². The van der Waals surface area contributed by atoms with Crippen LogP contribution in [0.1, 0.15) is 4.88 Å². The number of fused-ring (bicyclic) bond motifs is 1. The molecule has 1 unspecified atom stereocenters. The van der Waals surface area contributed by atoms with Gasteiger partial charge in [-0.1, -0.05) is 29.3 Å². The fourth-order valence-corrected chi connectivity index (χ4v) is 3.34. The topological polar surface area (TPSA) is 25.0 Å². The van der Waals surface area contributed by atoms with Crippen molar-refractivity contribution in [1.82, 2.24) is 4.98 Å². The van der Waals surface area contributed by atoms with Gasteiger partial charge in [-0.05, 0) is 30.5 Å². The van der Waals surface area contributed by atoms with Crippen LogP contribution in [0.3, 0.4) is 0 Å². The molecular formula is C15H12Cl2NOS. The lowest BCUT2D eigenvalue weighted by Crippen LogP contribution is -2.14. The van der Waals surface area contributed by atoms with Crippen molar-refractivity contribution >= 4 is 45.4 Å². The van der Waals surface area contributed by atoms with E-state index >= 15 is 0 Å². The van der Waals surface area contributed by atoms with Crippen LogP contribution in [-0.2, 0) is 6.42 Å². The molecule has 2 nitrogen and oxygen atoms in total. The Bertz CT molecular complexity index is 721. The van der Waals surface area contributed by atoms with Crippen LogP contribution in [0.5, 0.6) is 5.75 Å². The first-order valence-electron chi connectivity index (χ1n) is 6.12. The van der Waals surface area contributed by atoms with Gasteiger partial charge in [0.05, 0.1) is 20.9 Å². The lowest BCUT2D eigenvalue weighted by molar-refractivity contribution is 0.251. The van der Waals surface area contributed by atoms with E-state index in [-0.39, 0.29) is 6.10 Å². The highest BCUT2D eigenvalue weighted by molar-refractivity contribution is 7.09. The number of H-pyrrole nitrogens is 1. The third-order valence-electron chi connectivity index (χ3n) is 3.00. The highest BCUT2D eigenvalue weighted by Gasteiger charge is 2.14. The van der Waals surface area contributed by atoms with Gasteiger partial charge in [-0.2, -0.15) is 0 Å². The van der Waals surface area contributed by atoms with Gasteiger partial charge in [0.1, 0.15) is 11.9 Å². The average molecular weight is 325 g/mol. The first-order valence-corrected chi connectivity index (χ1v) is 7.76. The summed E-state index contributed by atoms with van der Waals surface area (Å²) in [4.78, 5) is 4.30. The van der Waals surface area contributed by atoms with E-state index in [1.54, 1.807) is 23.6 Å². The number of aromatic nitrogens is 1. The van der Waals surface area contributed by atoms with E-state index in [1.165, 1.54) is 4.88 Å². The zero-order valence-corrected chi connectivity index (χ0v) is 12.9. The predicted molar refractivity (Wildman–Crippen MR) is 86.1 cm³/mol. The molecule has 0 fully saturated rings. The molecule has 5 heteroatoms. The van der Waals surface area contributed by atoms with E-state index in [9.17, 15) is 0 Å². The summed E-state index contributed by atoms with van der Waals surface area (Å²) in [5.41, 5.74) is 0.789. The molecule has 0 bridgehead atoms. The quantitative estimate of drug-likeness (QED) is 0.686. The minimum absolute atomic E-state index is 0.177. The summed E-state index contributed by atoms with van der Waals surface area (Å²) in [6.07, 6.45) is 2.30. The second-order valence-electron chi connectivity index (χ2n) is 4.46. The highest BCUT2D eigenvalue weighted by Crippen LogP contribution is 2.36. The van der Waals surface area contributed by atoms with Crippen LogP contribution < -0.4 is 4.74 Å². The largest absolute Gasteiger partial charge is 0.489 e. The van der Waals surface area contributed by atoms with Crippen LogP contribution in [0.15, 0.2) is 35.8 Å². The number of hydrogen-bond acceptors (Lipinski definition) is 2. The Morgan fingerprint density at radius 2 is 2.10 bits per heavy atom. The molecule has 0 saturated carbocycles. The molecule has 2 aromatic heterocycles. The second-order valence-corrected chi connectivity index (χ2v) is 6.30.